The number of pyridine rings is 1. The van der Waals surface area contributed by atoms with Crippen molar-refractivity contribution < 1.29 is 9.90 Å². The van der Waals surface area contributed by atoms with E-state index in [1.54, 1.807) is 54.9 Å². The van der Waals surface area contributed by atoms with Gasteiger partial charge in [-0.25, -0.2) is 4.79 Å². The van der Waals surface area contributed by atoms with E-state index in [2.05, 4.69) is 4.98 Å². The molecule has 1 aromatic heterocycles. The molecule has 1 heterocycles. The molecule has 0 bridgehead atoms. The second kappa shape index (κ2) is 5.47. The van der Waals surface area contributed by atoms with E-state index in [0.29, 0.717) is 10.6 Å². The van der Waals surface area contributed by atoms with Gasteiger partial charge in [0.05, 0.1) is 5.57 Å². The lowest BCUT2D eigenvalue weighted by Gasteiger charge is -2.03. The number of halogens is 1. The Kier molecular flexibility index (Phi) is 3.75. The first-order valence-corrected chi connectivity index (χ1v) is 5.65. The molecular weight excluding hydrogens is 250 g/mol. The van der Waals surface area contributed by atoms with Crippen molar-refractivity contribution in [3.63, 3.8) is 0 Å². The molecule has 0 unspecified atom stereocenters. The van der Waals surface area contributed by atoms with Crippen LogP contribution in [0.4, 0.5) is 0 Å². The van der Waals surface area contributed by atoms with Crippen molar-refractivity contribution >= 4 is 29.2 Å². The van der Waals surface area contributed by atoms with Gasteiger partial charge in [-0.3, -0.25) is 4.98 Å². The van der Waals surface area contributed by atoms with Gasteiger partial charge in [-0.2, -0.15) is 0 Å². The van der Waals surface area contributed by atoms with Gasteiger partial charge in [-0.15, -0.1) is 0 Å². The molecule has 0 saturated carbocycles. The molecule has 18 heavy (non-hydrogen) atoms. The summed E-state index contributed by atoms with van der Waals surface area (Å²) >= 11 is 5.78. The Morgan fingerprint density at radius 3 is 2.50 bits per heavy atom. The quantitative estimate of drug-likeness (QED) is 0.860. The third kappa shape index (κ3) is 2.96. The normalized spacial score (nSPS) is 11.3. The second-order valence-electron chi connectivity index (χ2n) is 3.66. The van der Waals surface area contributed by atoms with Crippen LogP contribution in [-0.2, 0) is 4.79 Å². The van der Waals surface area contributed by atoms with Gasteiger partial charge in [0.2, 0.25) is 0 Å². The minimum absolute atomic E-state index is 0.208. The van der Waals surface area contributed by atoms with E-state index >= 15 is 0 Å². The van der Waals surface area contributed by atoms with E-state index in [1.807, 2.05) is 0 Å². The maximum atomic E-state index is 11.3. The molecule has 0 radical (unpaired) electrons. The lowest BCUT2D eigenvalue weighted by atomic mass is 10.0. The first kappa shape index (κ1) is 12.3. The molecule has 0 amide bonds. The van der Waals surface area contributed by atoms with Crippen LogP contribution in [0.15, 0.2) is 48.8 Å². The highest BCUT2D eigenvalue weighted by atomic mass is 35.5. The van der Waals surface area contributed by atoms with Gasteiger partial charge in [0, 0.05) is 17.4 Å². The van der Waals surface area contributed by atoms with Crippen LogP contribution in [0.1, 0.15) is 11.1 Å². The Bertz CT molecular complexity index is 577. The predicted octanol–water partition coefficient (Wildman–Crippen LogP) is 3.36. The van der Waals surface area contributed by atoms with E-state index in [1.165, 1.54) is 0 Å². The fourth-order valence-corrected chi connectivity index (χ4v) is 1.65. The number of nitrogens with zero attached hydrogens (tertiary/aromatic N) is 1. The molecule has 0 aliphatic rings. The molecule has 2 rings (SSSR count). The third-order valence-corrected chi connectivity index (χ3v) is 2.63. The smallest absolute Gasteiger partial charge is 0.336 e. The highest BCUT2D eigenvalue weighted by molar-refractivity contribution is 6.30. The minimum Gasteiger partial charge on any atom is -0.478 e. The standard InChI is InChI=1S/C14H10ClNO2/c15-12-5-3-11(4-6-12)13(14(17)18)8-10-2-1-7-16-9-10/h1-9H,(H,17,18)/b13-8+. The zero-order valence-electron chi connectivity index (χ0n) is 9.38. The number of hydrogen-bond donors (Lipinski definition) is 1. The summed E-state index contributed by atoms with van der Waals surface area (Å²) in [5, 5.41) is 9.81. The Morgan fingerprint density at radius 1 is 1.22 bits per heavy atom. The molecular formula is C14H10ClNO2. The summed E-state index contributed by atoms with van der Waals surface area (Å²) in [5.41, 5.74) is 1.56. The Labute approximate surface area is 109 Å². The van der Waals surface area contributed by atoms with Gasteiger partial charge in [-0.05, 0) is 35.4 Å². The van der Waals surface area contributed by atoms with E-state index in [9.17, 15) is 9.90 Å². The van der Waals surface area contributed by atoms with Crippen molar-refractivity contribution in [3.05, 3.63) is 64.9 Å². The van der Waals surface area contributed by atoms with Gasteiger partial charge < -0.3 is 5.11 Å². The van der Waals surface area contributed by atoms with Crippen LogP contribution in [0.25, 0.3) is 11.6 Å². The average Bonchev–Trinajstić information content (AvgIpc) is 2.38. The van der Waals surface area contributed by atoms with E-state index < -0.39 is 5.97 Å². The highest BCUT2D eigenvalue weighted by Gasteiger charge is 2.10. The molecule has 0 fully saturated rings. The number of hydrogen-bond acceptors (Lipinski definition) is 2. The van der Waals surface area contributed by atoms with Gasteiger partial charge in [0.25, 0.3) is 0 Å². The Morgan fingerprint density at radius 2 is 1.94 bits per heavy atom. The van der Waals surface area contributed by atoms with Crippen LogP contribution in [-0.4, -0.2) is 16.1 Å². The summed E-state index contributed by atoms with van der Waals surface area (Å²) in [6.07, 6.45) is 4.83. The summed E-state index contributed by atoms with van der Waals surface area (Å²) in [6, 6.07) is 10.2. The Hall–Kier alpha value is -2.13. The monoisotopic (exact) mass is 259 g/mol. The number of carbonyl (C=O) groups is 1. The highest BCUT2D eigenvalue weighted by Crippen LogP contribution is 2.20. The summed E-state index contributed by atoms with van der Waals surface area (Å²) < 4.78 is 0. The fourth-order valence-electron chi connectivity index (χ4n) is 1.53. The van der Waals surface area contributed by atoms with E-state index in [4.69, 9.17) is 11.6 Å². The van der Waals surface area contributed by atoms with Crippen molar-refractivity contribution in [2.24, 2.45) is 0 Å². The first-order chi connectivity index (χ1) is 8.66. The summed E-state index contributed by atoms with van der Waals surface area (Å²) in [6.45, 7) is 0. The van der Waals surface area contributed by atoms with Crippen LogP contribution in [0, 0.1) is 0 Å². The van der Waals surface area contributed by atoms with Gasteiger partial charge >= 0.3 is 5.97 Å². The molecule has 4 heteroatoms. The van der Waals surface area contributed by atoms with Gasteiger partial charge in [0.1, 0.15) is 0 Å². The van der Waals surface area contributed by atoms with E-state index in [-0.39, 0.29) is 5.57 Å². The largest absolute Gasteiger partial charge is 0.478 e. The molecule has 1 aromatic carbocycles. The number of aliphatic carboxylic acids is 1. The molecule has 2 aromatic rings. The lowest BCUT2D eigenvalue weighted by Crippen LogP contribution is -1.99. The zero-order valence-corrected chi connectivity index (χ0v) is 10.1. The first-order valence-electron chi connectivity index (χ1n) is 5.28. The maximum Gasteiger partial charge on any atom is 0.336 e. The number of carboxylic acids is 1. The van der Waals surface area contributed by atoms with Crippen LogP contribution in [0.2, 0.25) is 5.02 Å². The number of carboxylic acid groups (broad SMARTS) is 1. The zero-order chi connectivity index (χ0) is 13.0. The predicted molar refractivity (Wildman–Crippen MR) is 71.2 cm³/mol. The summed E-state index contributed by atoms with van der Waals surface area (Å²) in [7, 11) is 0. The fraction of sp³-hybridized carbons (Fsp3) is 0. The molecule has 0 atom stereocenters. The van der Waals surface area contributed by atoms with Gasteiger partial charge in [0.15, 0.2) is 0 Å². The van der Waals surface area contributed by atoms with Crippen molar-refractivity contribution in [2.75, 3.05) is 0 Å². The van der Waals surface area contributed by atoms with Crippen molar-refractivity contribution in [3.8, 4) is 0 Å². The van der Waals surface area contributed by atoms with E-state index in [0.717, 1.165) is 5.56 Å². The van der Waals surface area contributed by atoms with Gasteiger partial charge in [-0.1, -0.05) is 29.8 Å². The average molecular weight is 260 g/mol. The molecule has 0 aliphatic carbocycles. The van der Waals surface area contributed by atoms with Crippen molar-refractivity contribution in [2.45, 2.75) is 0 Å². The number of aromatic nitrogens is 1. The molecule has 90 valence electrons. The van der Waals surface area contributed by atoms with Crippen molar-refractivity contribution in [1.82, 2.24) is 4.98 Å². The molecule has 1 N–H and O–H groups in total. The molecule has 0 aliphatic heterocycles. The lowest BCUT2D eigenvalue weighted by molar-refractivity contribution is -0.130. The van der Waals surface area contributed by atoms with Crippen molar-refractivity contribution in [1.29, 1.82) is 0 Å². The SMILES string of the molecule is O=C(O)/C(=C/c1cccnc1)c1ccc(Cl)cc1. The maximum absolute atomic E-state index is 11.3. The summed E-state index contributed by atoms with van der Waals surface area (Å²) in [4.78, 5) is 15.2. The Balaban J connectivity index is 2.44. The molecule has 0 saturated heterocycles. The third-order valence-electron chi connectivity index (χ3n) is 2.38. The molecule has 0 spiro atoms. The minimum atomic E-state index is -0.985. The van der Waals surface area contributed by atoms with Crippen LogP contribution in [0.3, 0.4) is 0 Å². The second-order valence-corrected chi connectivity index (χ2v) is 4.09. The van der Waals surface area contributed by atoms with Crippen LogP contribution >= 0.6 is 11.6 Å². The van der Waals surface area contributed by atoms with Crippen LogP contribution < -0.4 is 0 Å². The topological polar surface area (TPSA) is 50.2 Å². The number of rotatable bonds is 3. The summed E-state index contributed by atoms with van der Waals surface area (Å²) in [5.74, 6) is -0.985. The molecule has 3 nitrogen and oxygen atoms in total. The number of benzene rings is 1. The van der Waals surface area contributed by atoms with Crippen LogP contribution in [0.5, 0.6) is 0 Å².